The van der Waals surface area contributed by atoms with Gasteiger partial charge in [-0.25, -0.2) is 19.9 Å². The Morgan fingerprint density at radius 2 is 0.709 bits per heavy atom. The molecule has 0 atom stereocenters. The van der Waals surface area contributed by atoms with E-state index in [1.54, 1.807) is 0 Å². The van der Waals surface area contributed by atoms with E-state index in [1.165, 1.54) is 33.4 Å². The first kappa shape index (κ1) is 31.2. The van der Waals surface area contributed by atoms with Crippen LogP contribution in [0.1, 0.15) is 22.4 Å². The summed E-state index contributed by atoms with van der Waals surface area (Å²) in [4.78, 5) is 20.4. The standard InChI is InChI=1S/C51H32N4/c1-3-13-35(14-4-1)46-31-47(36-15-5-2-6-16-36)54-50(53-46)38-29-25-34(26-30-38)33-23-27-37(28-24-33)49-52-32-42-41-19-9-12-22-45(41)51(48(42)55-49)43-20-10-7-17-39(43)40-18-8-11-21-44(40)51/h1-32H. The minimum atomic E-state index is -0.495. The number of hydrogen-bond acceptors (Lipinski definition) is 4. The second-order valence-electron chi connectivity index (χ2n) is 14.2. The van der Waals surface area contributed by atoms with E-state index in [1.807, 2.05) is 42.6 Å². The van der Waals surface area contributed by atoms with Crippen LogP contribution in [-0.2, 0) is 5.41 Å². The smallest absolute Gasteiger partial charge is 0.160 e. The van der Waals surface area contributed by atoms with Crippen molar-refractivity contribution in [1.29, 1.82) is 0 Å². The molecule has 0 saturated carbocycles. The van der Waals surface area contributed by atoms with Gasteiger partial charge in [-0.1, -0.05) is 182 Å². The van der Waals surface area contributed by atoms with E-state index < -0.39 is 5.41 Å². The molecule has 0 saturated heterocycles. The average Bonchev–Trinajstić information content (AvgIpc) is 3.74. The summed E-state index contributed by atoms with van der Waals surface area (Å²) in [5.74, 6) is 1.42. The van der Waals surface area contributed by atoms with Crippen LogP contribution in [0.4, 0.5) is 0 Å². The van der Waals surface area contributed by atoms with Crippen molar-refractivity contribution in [3.63, 3.8) is 0 Å². The molecule has 0 radical (unpaired) electrons. The lowest BCUT2D eigenvalue weighted by molar-refractivity contribution is 0.757. The van der Waals surface area contributed by atoms with Gasteiger partial charge in [0.15, 0.2) is 11.6 Å². The van der Waals surface area contributed by atoms with Gasteiger partial charge in [-0.15, -0.1) is 0 Å². The molecular formula is C51H32N4. The summed E-state index contributed by atoms with van der Waals surface area (Å²) in [6, 6.07) is 66.1. The molecule has 2 aromatic heterocycles. The molecular weight excluding hydrogens is 669 g/mol. The minimum absolute atomic E-state index is 0.495. The fourth-order valence-corrected chi connectivity index (χ4v) is 8.67. The molecule has 0 N–H and O–H groups in total. The largest absolute Gasteiger partial charge is 0.236 e. The zero-order valence-corrected chi connectivity index (χ0v) is 29.8. The maximum atomic E-state index is 5.45. The van der Waals surface area contributed by atoms with Gasteiger partial charge in [0.1, 0.15) is 0 Å². The van der Waals surface area contributed by atoms with Crippen LogP contribution in [0.25, 0.3) is 78.7 Å². The number of aromatic nitrogens is 4. The van der Waals surface area contributed by atoms with Crippen LogP contribution in [0.3, 0.4) is 0 Å². The fourth-order valence-electron chi connectivity index (χ4n) is 8.67. The zero-order chi connectivity index (χ0) is 36.3. The number of rotatable bonds is 5. The van der Waals surface area contributed by atoms with Gasteiger partial charge in [0.2, 0.25) is 0 Å². The van der Waals surface area contributed by atoms with Crippen molar-refractivity contribution in [3.8, 4) is 78.7 Å². The second kappa shape index (κ2) is 12.4. The van der Waals surface area contributed by atoms with Gasteiger partial charge in [0.25, 0.3) is 0 Å². The average molecular weight is 701 g/mol. The first-order valence-corrected chi connectivity index (χ1v) is 18.6. The maximum Gasteiger partial charge on any atom is 0.160 e. The van der Waals surface area contributed by atoms with Crippen molar-refractivity contribution in [1.82, 2.24) is 19.9 Å². The van der Waals surface area contributed by atoms with Crippen LogP contribution in [0.15, 0.2) is 194 Å². The summed E-state index contributed by atoms with van der Waals surface area (Å²) >= 11 is 0. The Bertz CT molecular complexity index is 2780. The van der Waals surface area contributed by atoms with Gasteiger partial charge in [0.05, 0.1) is 22.5 Å². The third kappa shape index (κ3) is 4.85. The van der Waals surface area contributed by atoms with Crippen molar-refractivity contribution in [2.45, 2.75) is 5.41 Å². The van der Waals surface area contributed by atoms with E-state index in [4.69, 9.17) is 19.9 Å². The summed E-state index contributed by atoms with van der Waals surface area (Å²) in [5, 5.41) is 0. The molecule has 0 amide bonds. The number of fused-ring (bicyclic) bond motifs is 10. The Hall–Kier alpha value is -7.30. The Morgan fingerprint density at radius 3 is 1.20 bits per heavy atom. The summed E-state index contributed by atoms with van der Waals surface area (Å²) in [6.45, 7) is 0. The summed E-state index contributed by atoms with van der Waals surface area (Å²) < 4.78 is 0. The van der Waals surface area contributed by atoms with Gasteiger partial charge in [0, 0.05) is 34.0 Å². The summed E-state index contributed by atoms with van der Waals surface area (Å²) in [5.41, 5.74) is 17.3. The lowest BCUT2D eigenvalue weighted by Crippen LogP contribution is -2.27. The maximum absolute atomic E-state index is 5.45. The highest BCUT2D eigenvalue weighted by molar-refractivity contribution is 5.94. The van der Waals surface area contributed by atoms with Crippen LogP contribution in [0.5, 0.6) is 0 Å². The van der Waals surface area contributed by atoms with Crippen molar-refractivity contribution in [3.05, 3.63) is 217 Å². The van der Waals surface area contributed by atoms with E-state index in [0.29, 0.717) is 5.82 Å². The van der Waals surface area contributed by atoms with Crippen LogP contribution < -0.4 is 0 Å². The molecule has 7 aromatic carbocycles. The lowest BCUT2D eigenvalue weighted by atomic mass is 9.72. The Labute approximate surface area is 319 Å². The third-order valence-corrected chi connectivity index (χ3v) is 11.2. The predicted octanol–water partition coefficient (Wildman–Crippen LogP) is 11.9. The molecule has 2 aliphatic carbocycles. The van der Waals surface area contributed by atoms with Crippen molar-refractivity contribution >= 4 is 0 Å². The van der Waals surface area contributed by atoms with Crippen LogP contribution in [0.2, 0.25) is 0 Å². The SMILES string of the molecule is c1ccc(-c2cc(-c3ccccc3)nc(-c3ccc(-c4ccc(-c5ncc6c(n5)C5(c7ccccc7-c7ccccc75)c5ccccc5-6)cc4)cc3)n2)cc1. The summed E-state index contributed by atoms with van der Waals surface area (Å²) in [7, 11) is 0. The van der Waals surface area contributed by atoms with Crippen molar-refractivity contribution < 1.29 is 0 Å². The summed E-state index contributed by atoms with van der Waals surface area (Å²) in [6.07, 6.45) is 2.03. The van der Waals surface area contributed by atoms with Gasteiger partial charge in [-0.05, 0) is 50.6 Å². The number of nitrogens with zero attached hydrogens (tertiary/aromatic N) is 4. The molecule has 4 nitrogen and oxygen atoms in total. The highest BCUT2D eigenvalue weighted by atomic mass is 14.9. The fraction of sp³-hybridized carbons (Fsp3) is 0.0196. The van der Waals surface area contributed by atoms with Crippen LogP contribution >= 0.6 is 0 Å². The van der Waals surface area contributed by atoms with E-state index in [0.717, 1.165) is 61.9 Å². The van der Waals surface area contributed by atoms with Gasteiger partial charge < -0.3 is 0 Å². The van der Waals surface area contributed by atoms with E-state index in [9.17, 15) is 0 Å². The van der Waals surface area contributed by atoms with Gasteiger partial charge in [-0.2, -0.15) is 0 Å². The minimum Gasteiger partial charge on any atom is -0.236 e. The van der Waals surface area contributed by atoms with E-state index in [2.05, 4.69) is 152 Å². The molecule has 1 spiro atoms. The predicted molar refractivity (Wildman–Crippen MR) is 221 cm³/mol. The Balaban J connectivity index is 0.947. The molecule has 11 rings (SSSR count). The molecule has 0 unspecified atom stereocenters. The quantitative estimate of drug-likeness (QED) is 0.179. The molecule has 2 aliphatic rings. The Kier molecular flexibility index (Phi) is 7.04. The highest BCUT2D eigenvalue weighted by Crippen LogP contribution is 2.62. The highest BCUT2D eigenvalue weighted by Gasteiger charge is 2.53. The first-order valence-electron chi connectivity index (χ1n) is 18.6. The normalized spacial score (nSPS) is 12.9. The van der Waals surface area contributed by atoms with Crippen LogP contribution in [-0.4, -0.2) is 19.9 Å². The molecule has 55 heavy (non-hydrogen) atoms. The topological polar surface area (TPSA) is 51.6 Å². The molecule has 0 fully saturated rings. The van der Waals surface area contributed by atoms with Crippen molar-refractivity contribution in [2.75, 3.05) is 0 Å². The van der Waals surface area contributed by atoms with Crippen LogP contribution in [0, 0.1) is 0 Å². The number of hydrogen-bond donors (Lipinski definition) is 0. The molecule has 9 aromatic rings. The second-order valence-corrected chi connectivity index (χ2v) is 14.2. The van der Waals surface area contributed by atoms with Gasteiger partial charge >= 0.3 is 0 Å². The monoisotopic (exact) mass is 700 g/mol. The third-order valence-electron chi connectivity index (χ3n) is 11.2. The van der Waals surface area contributed by atoms with E-state index in [-0.39, 0.29) is 0 Å². The number of benzene rings is 7. The first-order chi connectivity index (χ1) is 27.3. The molecule has 4 heteroatoms. The zero-order valence-electron chi connectivity index (χ0n) is 29.8. The van der Waals surface area contributed by atoms with E-state index >= 15 is 0 Å². The van der Waals surface area contributed by atoms with Crippen molar-refractivity contribution in [2.24, 2.45) is 0 Å². The lowest BCUT2D eigenvalue weighted by Gasteiger charge is -2.29. The van der Waals surface area contributed by atoms with Gasteiger partial charge in [-0.3, -0.25) is 0 Å². The molecule has 0 bridgehead atoms. The molecule has 256 valence electrons. The molecule has 0 aliphatic heterocycles. The molecule has 2 heterocycles. The Morgan fingerprint density at radius 1 is 0.309 bits per heavy atom.